The molecule has 0 aliphatic carbocycles. The largest absolute Gasteiger partial charge is 0.416 e. The Morgan fingerprint density at radius 3 is 2.42 bits per heavy atom. The number of hydrogen-bond acceptors (Lipinski definition) is 3. The topological polar surface area (TPSA) is 70.1 Å². The molecule has 0 saturated carbocycles. The summed E-state index contributed by atoms with van der Waals surface area (Å²) in [5, 5.41) is 10.6. The molecule has 8 heteroatoms. The van der Waals surface area contributed by atoms with Gasteiger partial charge in [-0.15, -0.1) is 0 Å². The van der Waals surface area contributed by atoms with Gasteiger partial charge in [0.25, 0.3) is 5.91 Å². The van der Waals surface area contributed by atoms with Gasteiger partial charge in [-0.05, 0) is 24.3 Å². The fourth-order valence-electron chi connectivity index (χ4n) is 2.26. The molecular weight excluding hydrogens is 345 g/mol. The molecule has 0 saturated heterocycles. The maximum atomic E-state index is 12.5. The van der Waals surface area contributed by atoms with Crippen LogP contribution in [0.5, 0.6) is 0 Å². The molecule has 0 spiro atoms. The van der Waals surface area contributed by atoms with Crippen LogP contribution in [0.4, 0.5) is 13.2 Å². The number of halogens is 3. The number of rotatable bonds is 4. The molecule has 0 aliphatic heterocycles. The molecule has 2 N–H and O–H groups in total. The molecule has 0 atom stereocenters. The number of alkyl halides is 3. The second kappa shape index (κ2) is 7.22. The standard InChI is InChI=1S/C18H13F3N4O/c19-18(20,21)15-8-6-13(7-9-15)17(26)25-23-11-14-10-22-24-16(14)12-4-2-1-3-5-12/h1-11H,(H,22,24)(H,25,26)/b23-11+. The van der Waals surface area contributed by atoms with E-state index in [-0.39, 0.29) is 5.56 Å². The Labute approximate surface area is 146 Å². The number of carbonyl (C=O) groups is 1. The number of amides is 1. The van der Waals surface area contributed by atoms with Crippen LogP contribution in [0.15, 0.2) is 65.9 Å². The van der Waals surface area contributed by atoms with Crippen LogP contribution in [0.1, 0.15) is 21.5 Å². The predicted molar refractivity (Wildman–Crippen MR) is 90.5 cm³/mol. The van der Waals surface area contributed by atoms with Crippen molar-refractivity contribution in [1.82, 2.24) is 15.6 Å². The lowest BCUT2D eigenvalue weighted by atomic mass is 10.1. The van der Waals surface area contributed by atoms with Crippen molar-refractivity contribution in [3.63, 3.8) is 0 Å². The van der Waals surface area contributed by atoms with E-state index in [0.29, 0.717) is 5.56 Å². The zero-order chi connectivity index (χ0) is 18.6. The minimum Gasteiger partial charge on any atom is -0.277 e. The molecular formula is C18H13F3N4O. The Bertz CT molecular complexity index is 916. The van der Waals surface area contributed by atoms with E-state index in [9.17, 15) is 18.0 Å². The minimum absolute atomic E-state index is 0.0747. The SMILES string of the molecule is O=C(N/N=C/c1cn[nH]c1-c1ccccc1)c1ccc(C(F)(F)F)cc1. The molecule has 132 valence electrons. The summed E-state index contributed by atoms with van der Waals surface area (Å²) in [6, 6.07) is 13.3. The van der Waals surface area contributed by atoms with Crippen molar-refractivity contribution in [2.24, 2.45) is 5.10 Å². The third-order valence-electron chi connectivity index (χ3n) is 3.58. The van der Waals surface area contributed by atoms with Crippen molar-refractivity contribution in [2.45, 2.75) is 6.18 Å². The monoisotopic (exact) mass is 358 g/mol. The van der Waals surface area contributed by atoms with Gasteiger partial charge in [0.1, 0.15) is 0 Å². The van der Waals surface area contributed by atoms with E-state index in [1.165, 1.54) is 6.21 Å². The fraction of sp³-hybridized carbons (Fsp3) is 0.0556. The van der Waals surface area contributed by atoms with Gasteiger partial charge < -0.3 is 0 Å². The van der Waals surface area contributed by atoms with E-state index in [1.54, 1.807) is 6.20 Å². The smallest absolute Gasteiger partial charge is 0.277 e. The number of aromatic nitrogens is 2. The van der Waals surface area contributed by atoms with E-state index in [0.717, 1.165) is 35.5 Å². The maximum Gasteiger partial charge on any atom is 0.416 e. The van der Waals surface area contributed by atoms with Gasteiger partial charge in [-0.3, -0.25) is 9.89 Å². The number of nitrogens with one attached hydrogen (secondary N) is 2. The van der Waals surface area contributed by atoms with E-state index < -0.39 is 17.6 Å². The first kappa shape index (κ1) is 17.4. The van der Waals surface area contributed by atoms with E-state index in [1.807, 2.05) is 30.3 Å². The molecule has 0 unspecified atom stereocenters. The molecule has 3 rings (SSSR count). The van der Waals surface area contributed by atoms with Crippen molar-refractivity contribution in [2.75, 3.05) is 0 Å². The van der Waals surface area contributed by atoms with Crippen molar-refractivity contribution in [3.05, 3.63) is 77.5 Å². The van der Waals surface area contributed by atoms with Crippen LogP contribution < -0.4 is 5.43 Å². The summed E-state index contributed by atoms with van der Waals surface area (Å²) in [6.45, 7) is 0. The number of hydrazone groups is 1. The van der Waals surface area contributed by atoms with Crippen LogP contribution in [0.3, 0.4) is 0 Å². The first-order valence-electron chi connectivity index (χ1n) is 7.54. The minimum atomic E-state index is -4.44. The average molecular weight is 358 g/mol. The van der Waals surface area contributed by atoms with Crippen molar-refractivity contribution in [1.29, 1.82) is 0 Å². The van der Waals surface area contributed by atoms with Crippen LogP contribution in [0.25, 0.3) is 11.3 Å². The van der Waals surface area contributed by atoms with E-state index in [4.69, 9.17) is 0 Å². The molecule has 0 radical (unpaired) electrons. The predicted octanol–water partition coefficient (Wildman–Crippen LogP) is 3.86. The summed E-state index contributed by atoms with van der Waals surface area (Å²) in [5.74, 6) is -0.611. The highest BCUT2D eigenvalue weighted by molar-refractivity contribution is 5.95. The molecule has 1 aromatic heterocycles. The van der Waals surface area contributed by atoms with Gasteiger partial charge in [-0.2, -0.15) is 23.4 Å². The summed E-state index contributed by atoms with van der Waals surface area (Å²) in [4.78, 5) is 12.0. The lowest BCUT2D eigenvalue weighted by Crippen LogP contribution is -2.18. The van der Waals surface area contributed by atoms with Crippen LogP contribution in [0, 0.1) is 0 Å². The summed E-state index contributed by atoms with van der Waals surface area (Å²) >= 11 is 0. The van der Waals surface area contributed by atoms with Gasteiger partial charge in [0.2, 0.25) is 0 Å². The molecule has 0 aliphatic rings. The summed E-state index contributed by atoms with van der Waals surface area (Å²) in [5.41, 5.74) is 3.83. The van der Waals surface area contributed by atoms with Crippen LogP contribution in [-0.2, 0) is 6.18 Å². The molecule has 1 amide bonds. The second-order valence-corrected chi connectivity index (χ2v) is 5.34. The maximum absolute atomic E-state index is 12.5. The number of nitrogens with zero attached hydrogens (tertiary/aromatic N) is 2. The van der Waals surface area contributed by atoms with Crippen molar-refractivity contribution < 1.29 is 18.0 Å². The Hall–Kier alpha value is -3.42. The Kier molecular flexibility index (Phi) is 4.83. The fourth-order valence-corrected chi connectivity index (χ4v) is 2.26. The Morgan fingerprint density at radius 2 is 1.77 bits per heavy atom. The average Bonchev–Trinajstić information content (AvgIpc) is 3.10. The molecule has 3 aromatic rings. The molecule has 26 heavy (non-hydrogen) atoms. The van der Waals surface area contributed by atoms with Gasteiger partial charge in [0.05, 0.1) is 23.7 Å². The van der Waals surface area contributed by atoms with Crippen LogP contribution >= 0.6 is 0 Å². The summed E-state index contributed by atoms with van der Waals surface area (Å²) in [6.07, 6.45) is -1.48. The molecule has 0 fully saturated rings. The number of aromatic amines is 1. The lowest BCUT2D eigenvalue weighted by Gasteiger charge is -2.06. The second-order valence-electron chi connectivity index (χ2n) is 5.34. The highest BCUT2D eigenvalue weighted by atomic mass is 19.4. The summed E-state index contributed by atoms with van der Waals surface area (Å²) < 4.78 is 37.6. The van der Waals surface area contributed by atoms with Crippen molar-refractivity contribution in [3.8, 4) is 11.3 Å². The quantitative estimate of drug-likeness (QED) is 0.549. The molecule has 2 aromatic carbocycles. The lowest BCUT2D eigenvalue weighted by molar-refractivity contribution is -0.137. The number of carbonyl (C=O) groups excluding carboxylic acids is 1. The van der Waals surface area contributed by atoms with E-state index >= 15 is 0 Å². The van der Waals surface area contributed by atoms with E-state index in [2.05, 4.69) is 20.7 Å². The first-order valence-corrected chi connectivity index (χ1v) is 7.54. The zero-order valence-electron chi connectivity index (χ0n) is 13.3. The summed E-state index contributed by atoms with van der Waals surface area (Å²) in [7, 11) is 0. The van der Waals surface area contributed by atoms with Crippen molar-refractivity contribution >= 4 is 12.1 Å². The van der Waals surface area contributed by atoms with Gasteiger partial charge in [0.15, 0.2) is 0 Å². The van der Waals surface area contributed by atoms with Crippen LogP contribution in [0.2, 0.25) is 0 Å². The molecule has 5 nitrogen and oxygen atoms in total. The highest BCUT2D eigenvalue weighted by Crippen LogP contribution is 2.29. The molecule has 1 heterocycles. The highest BCUT2D eigenvalue weighted by Gasteiger charge is 2.30. The normalized spacial score (nSPS) is 11.7. The third kappa shape index (κ3) is 3.97. The third-order valence-corrected chi connectivity index (χ3v) is 3.58. The van der Waals surface area contributed by atoms with Crippen LogP contribution in [-0.4, -0.2) is 22.3 Å². The number of H-pyrrole nitrogens is 1. The number of benzene rings is 2. The van der Waals surface area contributed by atoms with Gasteiger partial charge in [0, 0.05) is 16.7 Å². The number of hydrogen-bond donors (Lipinski definition) is 2. The van der Waals surface area contributed by atoms with Gasteiger partial charge in [-0.25, -0.2) is 5.43 Å². The van der Waals surface area contributed by atoms with Gasteiger partial charge >= 0.3 is 6.18 Å². The Morgan fingerprint density at radius 1 is 1.08 bits per heavy atom. The van der Waals surface area contributed by atoms with Gasteiger partial charge in [-0.1, -0.05) is 30.3 Å². The first-order chi connectivity index (χ1) is 12.4. The molecule has 0 bridgehead atoms. The zero-order valence-corrected chi connectivity index (χ0v) is 13.3. The Balaban J connectivity index is 1.68.